The summed E-state index contributed by atoms with van der Waals surface area (Å²) in [5.74, 6) is -0.109. The summed E-state index contributed by atoms with van der Waals surface area (Å²) < 4.78 is 21.9. The molecule has 0 saturated heterocycles. The number of sulfone groups is 1. The summed E-state index contributed by atoms with van der Waals surface area (Å²) in [6, 6.07) is 6.98. The van der Waals surface area contributed by atoms with Crippen LogP contribution in [0.15, 0.2) is 24.3 Å². The van der Waals surface area contributed by atoms with Crippen molar-refractivity contribution in [1.82, 2.24) is 0 Å². The summed E-state index contributed by atoms with van der Waals surface area (Å²) in [5.41, 5.74) is 1.53. The summed E-state index contributed by atoms with van der Waals surface area (Å²) >= 11 is 7.59. The molecule has 0 amide bonds. The monoisotopic (exact) mass is 388 g/mol. The van der Waals surface area contributed by atoms with Gasteiger partial charge < -0.3 is 5.11 Å². The minimum Gasteiger partial charge on any atom is -0.385 e. The van der Waals surface area contributed by atoms with E-state index in [-0.39, 0.29) is 5.75 Å². The maximum atomic E-state index is 11.8. The topological polar surface area (TPSA) is 54.4 Å². The molecule has 0 aliphatic carbocycles. The quantitative estimate of drug-likeness (QED) is 0.637. The van der Waals surface area contributed by atoms with Crippen LogP contribution in [0.25, 0.3) is 0 Å². The Labute approximate surface area is 120 Å². The van der Waals surface area contributed by atoms with E-state index in [0.717, 1.165) is 5.56 Å². The van der Waals surface area contributed by atoms with Gasteiger partial charge in [0.1, 0.15) is 6.10 Å². The smallest absolute Gasteiger partial charge is 0.225 e. The van der Waals surface area contributed by atoms with Crippen LogP contribution >= 0.6 is 34.2 Å². The van der Waals surface area contributed by atoms with E-state index < -0.39 is 18.2 Å². The van der Waals surface area contributed by atoms with Crippen molar-refractivity contribution < 1.29 is 13.5 Å². The van der Waals surface area contributed by atoms with Gasteiger partial charge in [-0.1, -0.05) is 48.4 Å². The zero-order valence-electron chi connectivity index (χ0n) is 9.52. The van der Waals surface area contributed by atoms with E-state index in [9.17, 15) is 13.5 Å². The molecule has 0 aliphatic heterocycles. The first-order valence-electron chi connectivity index (χ1n) is 5.07. The van der Waals surface area contributed by atoms with E-state index >= 15 is 0 Å². The van der Waals surface area contributed by atoms with Gasteiger partial charge in [-0.2, -0.15) is 0 Å². The van der Waals surface area contributed by atoms with Crippen molar-refractivity contribution in [2.45, 2.75) is 22.2 Å². The van der Waals surface area contributed by atoms with Gasteiger partial charge in [-0.3, -0.25) is 0 Å². The number of aryl methyl sites for hydroxylation is 1. The molecule has 0 bridgehead atoms. The van der Waals surface area contributed by atoms with Crippen molar-refractivity contribution in [2.24, 2.45) is 0 Å². The molecule has 17 heavy (non-hydrogen) atoms. The summed E-state index contributed by atoms with van der Waals surface area (Å²) in [6.07, 6.45) is -1.25. The van der Waals surface area contributed by atoms with Crippen LogP contribution in [0.5, 0.6) is 0 Å². The SMILES string of the molecule is CCS(=O)(=O)[C@@](Cl)(I)[C@@H](O)c1ccc(C)cc1. The van der Waals surface area contributed by atoms with Crippen LogP contribution in [-0.2, 0) is 9.84 Å². The third-order valence-electron chi connectivity index (χ3n) is 2.51. The van der Waals surface area contributed by atoms with Gasteiger partial charge in [0.2, 0.25) is 2.21 Å². The molecule has 6 heteroatoms. The first-order chi connectivity index (χ1) is 7.72. The lowest BCUT2D eigenvalue weighted by Crippen LogP contribution is -2.34. The molecule has 2 atom stereocenters. The fourth-order valence-electron chi connectivity index (χ4n) is 1.31. The number of hydrogen-bond acceptors (Lipinski definition) is 3. The normalized spacial score (nSPS) is 17.5. The third kappa shape index (κ3) is 3.13. The average molecular weight is 389 g/mol. The second-order valence-electron chi connectivity index (χ2n) is 3.78. The Kier molecular flexibility index (Phi) is 4.85. The molecule has 0 aliphatic rings. The number of alkyl halides is 2. The number of aliphatic hydroxyl groups is 1. The fourth-order valence-corrected chi connectivity index (χ4v) is 3.91. The maximum absolute atomic E-state index is 11.8. The predicted octanol–water partition coefficient (Wildman–Crippen LogP) is 2.79. The van der Waals surface area contributed by atoms with Crippen LogP contribution in [0.4, 0.5) is 0 Å². The predicted molar refractivity (Wildman–Crippen MR) is 78.2 cm³/mol. The molecule has 0 heterocycles. The van der Waals surface area contributed by atoms with Gasteiger partial charge in [0.15, 0.2) is 9.84 Å². The highest BCUT2D eigenvalue weighted by Crippen LogP contribution is 2.43. The summed E-state index contributed by atoms with van der Waals surface area (Å²) in [6.45, 7) is 3.42. The molecular weight excluding hydrogens is 375 g/mol. The minimum atomic E-state index is -3.55. The zero-order chi connectivity index (χ0) is 13.3. The lowest BCUT2D eigenvalue weighted by molar-refractivity contribution is 0.187. The van der Waals surface area contributed by atoms with Crippen LogP contribution in [0.1, 0.15) is 24.2 Å². The molecule has 1 rings (SSSR count). The number of rotatable bonds is 4. The number of aliphatic hydroxyl groups excluding tert-OH is 1. The Morgan fingerprint density at radius 3 is 2.29 bits per heavy atom. The highest BCUT2D eigenvalue weighted by molar-refractivity contribution is 14.1. The molecule has 1 N–H and O–H groups in total. The zero-order valence-corrected chi connectivity index (χ0v) is 13.3. The van der Waals surface area contributed by atoms with Gasteiger partial charge >= 0.3 is 0 Å². The molecule has 96 valence electrons. The lowest BCUT2D eigenvalue weighted by atomic mass is 10.1. The molecule has 1 aromatic carbocycles. The molecular formula is C11H14ClIO3S. The van der Waals surface area contributed by atoms with Crippen LogP contribution in [-0.4, -0.2) is 21.5 Å². The summed E-state index contributed by atoms with van der Waals surface area (Å²) in [4.78, 5) is 0. The Balaban J connectivity index is 3.12. The van der Waals surface area contributed by atoms with E-state index in [1.165, 1.54) is 6.92 Å². The van der Waals surface area contributed by atoms with Gasteiger partial charge in [0, 0.05) is 0 Å². The van der Waals surface area contributed by atoms with Gasteiger partial charge in [0.25, 0.3) is 0 Å². The average Bonchev–Trinajstić information content (AvgIpc) is 2.28. The maximum Gasteiger partial charge on any atom is 0.225 e. The third-order valence-corrected chi connectivity index (χ3v) is 7.83. The van der Waals surface area contributed by atoms with Crippen molar-refractivity contribution in [2.75, 3.05) is 5.75 Å². The van der Waals surface area contributed by atoms with E-state index in [2.05, 4.69) is 0 Å². The van der Waals surface area contributed by atoms with Crippen molar-refractivity contribution in [1.29, 1.82) is 0 Å². The number of halogens is 2. The largest absolute Gasteiger partial charge is 0.385 e. The van der Waals surface area contributed by atoms with Crippen LogP contribution in [0.3, 0.4) is 0 Å². The van der Waals surface area contributed by atoms with Gasteiger partial charge in [0.05, 0.1) is 5.75 Å². The van der Waals surface area contributed by atoms with Crippen LogP contribution < -0.4 is 0 Å². The van der Waals surface area contributed by atoms with E-state index in [1.807, 2.05) is 6.92 Å². The van der Waals surface area contributed by atoms with Crippen molar-refractivity contribution >= 4 is 44.0 Å². The highest BCUT2D eigenvalue weighted by Gasteiger charge is 2.45. The van der Waals surface area contributed by atoms with Gasteiger partial charge in [-0.15, -0.1) is 0 Å². The second kappa shape index (κ2) is 5.42. The molecule has 0 unspecified atom stereocenters. The lowest BCUT2D eigenvalue weighted by Gasteiger charge is -2.26. The number of benzene rings is 1. The van der Waals surface area contributed by atoms with Gasteiger partial charge in [-0.25, -0.2) is 8.42 Å². The summed E-state index contributed by atoms with van der Waals surface area (Å²) in [7, 11) is -3.55. The molecule has 1 aromatic rings. The molecule has 0 aromatic heterocycles. The first-order valence-corrected chi connectivity index (χ1v) is 8.18. The molecule has 0 radical (unpaired) electrons. The first kappa shape index (κ1) is 15.2. The van der Waals surface area contributed by atoms with Crippen LogP contribution in [0.2, 0.25) is 0 Å². The van der Waals surface area contributed by atoms with Crippen LogP contribution in [0, 0.1) is 6.92 Å². The Morgan fingerprint density at radius 2 is 1.88 bits per heavy atom. The number of hydrogen-bond donors (Lipinski definition) is 1. The Bertz CT molecular complexity index is 482. The standard InChI is InChI=1S/C11H14ClIO3S/c1-3-17(15,16)11(12,13)10(14)9-6-4-8(2)5-7-9/h4-7,10,14H,3H2,1-2H3/t10-,11-/m0/s1. The summed E-state index contributed by atoms with van der Waals surface area (Å²) in [5, 5.41) is 10.1. The van der Waals surface area contributed by atoms with Crippen molar-refractivity contribution in [3.63, 3.8) is 0 Å². The highest BCUT2D eigenvalue weighted by atomic mass is 127. The fraction of sp³-hybridized carbons (Fsp3) is 0.455. The van der Waals surface area contributed by atoms with Crippen molar-refractivity contribution in [3.05, 3.63) is 35.4 Å². The van der Waals surface area contributed by atoms with Crippen molar-refractivity contribution in [3.8, 4) is 0 Å². The minimum absolute atomic E-state index is 0.109. The van der Waals surface area contributed by atoms with E-state index in [4.69, 9.17) is 11.6 Å². The van der Waals surface area contributed by atoms with E-state index in [0.29, 0.717) is 5.56 Å². The second-order valence-corrected chi connectivity index (χ2v) is 10.1. The Hall–Kier alpha value is 0.150. The Morgan fingerprint density at radius 1 is 1.41 bits per heavy atom. The molecule has 0 spiro atoms. The van der Waals surface area contributed by atoms with E-state index in [1.54, 1.807) is 46.9 Å². The van der Waals surface area contributed by atoms with Gasteiger partial charge in [-0.05, 0) is 35.1 Å². The molecule has 0 saturated carbocycles. The molecule has 3 nitrogen and oxygen atoms in total. The molecule has 0 fully saturated rings.